The minimum atomic E-state index is -3.70. The van der Waals surface area contributed by atoms with Crippen LogP contribution in [0.2, 0.25) is 0 Å². The van der Waals surface area contributed by atoms with Gasteiger partial charge in [-0.3, -0.25) is 5.10 Å². The quantitative estimate of drug-likeness (QED) is 0.564. The molecule has 172 valence electrons. The Morgan fingerprint density at radius 1 is 1.09 bits per heavy atom. The topological polar surface area (TPSA) is 103 Å². The number of nitrogens with zero attached hydrogens (tertiary/aromatic N) is 3. The summed E-state index contributed by atoms with van der Waals surface area (Å²) in [6, 6.07) is 14.1. The fourth-order valence-corrected chi connectivity index (χ4v) is 7.98. The van der Waals surface area contributed by atoms with Crippen molar-refractivity contribution >= 4 is 30.9 Å². The maximum absolute atomic E-state index is 13.4. The van der Waals surface area contributed by atoms with Crippen molar-refractivity contribution < 1.29 is 16.8 Å². The van der Waals surface area contributed by atoms with E-state index in [1.54, 1.807) is 24.4 Å². The van der Waals surface area contributed by atoms with Gasteiger partial charge in [-0.15, -0.1) is 0 Å². The number of hydrogen-bond acceptors (Lipinski definition) is 5. The molecule has 0 unspecified atom stereocenters. The number of piperidine rings is 1. The van der Waals surface area contributed by atoms with Gasteiger partial charge in [-0.1, -0.05) is 37.3 Å². The van der Waals surface area contributed by atoms with Crippen molar-refractivity contribution in [2.75, 3.05) is 19.6 Å². The third-order valence-electron chi connectivity index (χ3n) is 6.22. The second-order valence-electron chi connectivity index (χ2n) is 8.06. The standard InChI is InChI=1S/C22H28N4O4S2/c1-3-26(17(2)18-7-5-4-6-8-18)32(29,30)20-11-13-25(14-12-20)31(27,28)21-9-10-22-19(15-21)16-23-24-22/h4-10,15-17,20H,3,11-14H2,1-2H3,(H,23,24)/t17-/m1/s1. The van der Waals surface area contributed by atoms with Gasteiger partial charge < -0.3 is 0 Å². The lowest BCUT2D eigenvalue weighted by Crippen LogP contribution is -2.47. The molecule has 0 saturated carbocycles. The first-order valence-corrected chi connectivity index (χ1v) is 13.7. The molecule has 4 rings (SSSR count). The van der Waals surface area contributed by atoms with Crippen LogP contribution in [0.15, 0.2) is 59.6 Å². The Kier molecular flexibility index (Phi) is 6.39. The van der Waals surface area contributed by atoms with Crippen molar-refractivity contribution in [2.24, 2.45) is 0 Å². The first-order chi connectivity index (χ1) is 15.2. The molecule has 10 heteroatoms. The summed E-state index contributed by atoms with van der Waals surface area (Å²) in [5.41, 5.74) is 1.70. The molecule has 8 nitrogen and oxygen atoms in total. The van der Waals surface area contributed by atoms with Crippen molar-refractivity contribution in [2.45, 2.75) is 42.9 Å². The minimum Gasteiger partial charge on any atom is -0.278 e. The molecule has 3 aromatic rings. The van der Waals surface area contributed by atoms with Crippen molar-refractivity contribution in [3.8, 4) is 0 Å². The number of sulfonamides is 2. The maximum atomic E-state index is 13.4. The number of rotatable bonds is 7. The van der Waals surface area contributed by atoms with Crippen LogP contribution < -0.4 is 0 Å². The van der Waals surface area contributed by atoms with Crippen LogP contribution in [0.4, 0.5) is 0 Å². The average Bonchev–Trinajstić information content (AvgIpc) is 3.28. The van der Waals surface area contributed by atoms with Crippen molar-refractivity contribution in [3.63, 3.8) is 0 Å². The van der Waals surface area contributed by atoms with E-state index in [0.717, 1.165) is 16.5 Å². The van der Waals surface area contributed by atoms with Gasteiger partial charge in [-0.05, 0) is 43.5 Å². The van der Waals surface area contributed by atoms with Crippen LogP contribution in [-0.2, 0) is 20.0 Å². The van der Waals surface area contributed by atoms with Crippen molar-refractivity contribution in [1.29, 1.82) is 0 Å². The molecule has 1 aromatic heterocycles. The summed E-state index contributed by atoms with van der Waals surface area (Å²) in [5.74, 6) is 0. The molecule has 0 aliphatic carbocycles. The summed E-state index contributed by atoms with van der Waals surface area (Å²) in [5, 5.41) is 6.86. The molecule has 1 aliphatic rings. The zero-order valence-corrected chi connectivity index (χ0v) is 19.8. The van der Waals surface area contributed by atoms with Gasteiger partial charge in [0.05, 0.1) is 21.9 Å². The zero-order chi connectivity index (χ0) is 22.9. The minimum absolute atomic E-state index is 0.174. The highest BCUT2D eigenvalue weighted by molar-refractivity contribution is 7.90. The van der Waals surface area contributed by atoms with E-state index >= 15 is 0 Å². The first kappa shape index (κ1) is 22.9. The molecule has 1 aliphatic heterocycles. The third kappa shape index (κ3) is 4.19. The van der Waals surface area contributed by atoms with Gasteiger partial charge >= 0.3 is 0 Å². The number of H-pyrrole nitrogens is 1. The van der Waals surface area contributed by atoms with Gasteiger partial charge in [-0.25, -0.2) is 16.8 Å². The van der Waals surface area contributed by atoms with E-state index in [4.69, 9.17) is 0 Å². The molecule has 2 heterocycles. The van der Waals surface area contributed by atoms with Crippen LogP contribution in [0.1, 0.15) is 38.3 Å². The van der Waals surface area contributed by atoms with Gasteiger partial charge in [0.15, 0.2) is 0 Å². The molecule has 1 saturated heterocycles. The van der Waals surface area contributed by atoms with E-state index in [1.165, 1.54) is 8.61 Å². The Balaban J connectivity index is 1.49. The lowest BCUT2D eigenvalue weighted by Gasteiger charge is -2.36. The van der Waals surface area contributed by atoms with Crippen LogP contribution in [-0.4, -0.2) is 60.5 Å². The van der Waals surface area contributed by atoms with Crippen LogP contribution in [0.5, 0.6) is 0 Å². The average molecular weight is 477 g/mol. The van der Waals surface area contributed by atoms with Crippen LogP contribution in [0, 0.1) is 0 Å². The molecule has 32 heavy (non-hydrogen) atoms. The highest BCUT2D eigenvalue weighted by atomic mass is 32.2. The van der Waals surface area contributed by atoms with Gasteiger partial charge in [-0.2, -0.15) is 13.7 Å². The predicted molar refractivity (Wildman–Crippen MR) is 124 cm³/mol. The maximum Gasteiger partial charge on any atom is 0.243 e. The zero-order valence-electron chi connectivity index (χ0n) is 18.2. The van der Waals surface area contributed by atoms with E-state index in [0.29, 0.717) is 6.54 Å². The predicted octanol–water partition coefficient (Wildman–Crippen LogP) is 3.13. The van der Waals surface area contributed by atoms with E-state index in [2.05, 4.69) is 10.2 Å². The summed E-state index contributed by atoms with van der Waals surface area (Å²) in [6.45, 7) is 4.44. The fraction of sp³-hybridized carbons (Fsp3) is 0.409. The number of fused-ring (bicyclic) bond motifs is 1. The van der Waals surface area contributed by atoms with E-state index in [9.17, 15) is 16.8 Å². The van der Waals surface area contributed by atoms with Crippen molar-refractivity contribution in [1.82, 2.24) is 18.8 Å². The summed E-state index contributed by atoms with van der Waals surface area (Å²) < 4.78 is 56.0. The molecule has 1 atom stereocenters. The van der Waals surface area contributed by atoms with Gasteiger partial charge in [0.2, 0.25) is 20.0 Å². The Morgan fingerprint density at radius 3 is 2.44 bits per heavy atom. The second-order valence-corrected chi connectivity index (χ2v) is 12.2. The molecular formula is C22H28N4O4S2. The molecule has 1 N–H and O–H groups in total. The van der Waals surface area contributed by atoms with Gasteiger partial charge in [0.1, 0.15) is 0 Å². The largest absolute Gasteiger partial charge is 0.278 e. The Hall–Kier alpha value is -2.27. The number of nitrogens with one attached hydrogen (secondary N) is 1. The Bertz CT molecular complexity index is 1280. The number of hydrogen-bond donors (Lipinski definition) is 1. The number of aromatic nitrogens is 2. The lowest BCUT2D eigenvalue weighted by molar-refractivity contribution is 0.316. The molecular weight excluding hydrogens is 448 g/mol. The smallest absolute Gasteiger partial charge is 0.243 e. The summed E-state index contributed by atoms with van der Waals surface area (Å²) >= 11 is 0. The molecule has 0 spiro atoms. The number of aromatic amines is 1. The van der Waals surface area contributed by atoms with Gasteiger partial charge in [0.25, 0.3) is 0 Å². The van der Waals surface area contributed by atoms with E-state index in [1.807, 2.05) is 44.2 Å². The van der Waals surface area contributed by atoms with Gasteiger partial charge in [0, 0.05) is 31.1 Å². The highest BCUT2D eigenvalue weighted by Crippen LogP contribution is 2.31. The SMILES string of the molecule is CCN([C@H](C)c1ccccc1)S(=O)(=O)C1CCN(S(=O)(=O)c2ccc3[nH]ncc3c2)CC1. The van der Waals surface area contributed by atoms with Crippen molar-refractivity contribution in [3.05, 3.63) is 60.3 Å². The normalized spacial score (nSPS) is 17.7. The Morgan fingerprint density at radius 2 is 1.78 bits per heavy atom. The fourth-order valence-electron chi connectivity index (χ4n) is 4.36. The highest BCUT2D eigenvalue weighted by Gasteiger charge is 2.39. The second kappa shape index (κ2) is 8.93. The lowest BCUT2D eigenvalue weighted by atomic mass is 10.1. The molecule has 0 radical (unpaired) electrons. The van der Waals surface area contributed by atoms with E-state index in [-0.39, 0.29) is 36.9 Å². The van der Waals surface area contributed by atoms with Crippen LogP contribution >= 0.6 is 0 Å². The third-order valence-corrected chi connectivity index (χ3v) is 10.7. The summed E-state index contributed by atoms with van der Waals surface area (Å²) in [4.78, 5) is 0.195. The van der Waals surface area contributed by atoms with E-state index < -0.39 is 25.3 Å². The molecule has 0 amide bonds. The monoisotopic (exact) mass is 476 g/mol. The number of benzene rings is 2. The van der Waals surface area contributed by atoms with Crippen LogP contribution in [0.3, 0.4) is 0 Å². The summed E-state index contributed by atoms with van der Waals surface area (Å²) in [7, 11) is -7.28. The first-order valence-electron chi connectivity index (χ1n) is 10.7. The Labute approximate surface area is 189 Å². The molecule has 0 bridgehead atoms. The summed E-state index contributed by atoms with van der Waals surface area (Å²) in [6.07, 6.45) is 2.13. The molecule has 1 fully saturated rings. The molecule has 2 aromatic carbocycles. The van der Waals surface area contributed by atoms with Crippen LogP contribution in [0.25, 0.3) is 10.9 Å².